The summed E-state index contributed by atoms with van der Waals surface area (Å²) in [6, 6.07) is 1.41. The van der Waals surface area contributed by atoms with Crippen molar-refractivity contribution in [2.75, 3.05) is 11.5 Å². The third-order valence-electron chi connectivity index (χ3n) is 2.60. The molecule has 90 valence electrons. The van der Waals surface area contributed by atoms with Crippen LogP contribution in [0.15, 0.2) is 6.07 Å². The van der Waals surface area contributed by atoms with Crippen LogP contribution < -0.4 is 11.5 Å². The molecule has 0 saturated heterocycles. The van der Waals surface area contributed by atoms with Crippen LogP contribution in [0.4, 0.5) is 24.5 Å². The second-order valence-corrected chi connectivity index (χ2v) is 3.59. The Kier molecular flexibility index (Phi) is 3.35. The van der Waals surface area contributed by atoms with Crippen molar-refractivity contribution in [3.63, 3.8) is 0 Å². The van der Waals surface area contributed by atoms with Gasteiger partial charge in [0.05, 0.1) is 5.56 Å². The molecule has 4 N–H and O–H groups in total. The van der Waals surface area contributed by atoms with E-state index in [-0.39, 0.29) is 35.3 Å². The van der Waals surface area contributed by atoms with Gasteiger partial charge in [0, 0.05) is 11.4 Å². The predicted octanol–water partition coefficient (Wildman–Crippen LogP) is 2.99. The van der Waals surface area contributed by atoms with Crippen LogP contribution in [-0.2, 0) is 19.0 Å². The summed E-state index contributed by atoms with van der Waals surface area (Å²) in [5.41, 5.74) is 11.0. The number of nitrogens with two attached hydrogens (primary N) is 2. The minimum Gasteiger partial charge on any atom is -0.398 e. The van der Waals surface area contributed by atoms with Gasteiger partial charge in [-0.1, -0.05) is 13.8 Å². The van der Waals surface area contributed by atoms with Crippen LogP contribution in [0.3, 0.4) is 0 Å². The first-order valence-corrected chi connectivity index (χ1v) is 5.09. The number of hydrogen-bond donors (Lipinski definition) is 2. The fourth-order valence-corrected chi connectivity index (χ4v) is 1.92. The Balaban J connectivity index is 3.62. The summed E-state index contributed by atoms with van der Waals surface area (Å²) in [5.74, 6) is 0. The molecule has 1 rings (SSSR count). The molecule has 1 aromatic carbocycles. The zero-order valence-electron chi connectivity index (χ0n) is 9.28. The smallest absolute Gasteiger partial charge is 0.398 e. The highest BCUT2D eigenvalue weighted by Crippen LogP contribution is 2.40. The third-order valence-corrected chi connectivity index (χ3v) is 2.60. The summed E-state index contributed by atoms with van der Waals surface area (Å²) in [6.07, 6.45) is -3.91. The third kappa shape index (κ3) is 2.08. The molecule has 0 bridgehead atoms. The molecule has 0 spiro atoms. The van der Waals surface area contributed by atoms with Crippen LogP contribution in [0.1, 0.15) is 30.5 Å². The van der Waals surface area contributed by atoms with Crippen LogP contribution in [0.25, 0.3) is 0 Å². The Morgan fingerprint density at radius 3 is 1.62 bits per heavy atom. The van der Waals surface area contributed by atoms with Crippen molar-refractivity contribution >= 4 is 11.4 Å². The van der Waals surface area contributed by atoms with Gasteiger partial charge in [0.1, 0.15) is 0 Å². The van der Waals surface area contributed by atoms with Gasteiger partial charge < -0.3 is 11.5 Å². The van der Waals surface area contributed by atoms with Crippen molar-refractivity contribution in [2.24, 2.45) is 0 Å². The van der Waals surface area contributed by atoms with Gasteiger partial charge in [0.15, 0.2) is 0 Å². The molecular formula is C11H15F3N2. The molecule has 0 fully saturated rings. The molecule has 0 aliphatic carbocycles. The second kappa shape index (κ2) is 4.23. The van der Waals surface area contributed by atoms with Gasteiger partial charge in [0.2, 0.25) is 0 Å². The summed E-state index contributed by atoms with van der Waals surface area (Å²) in [5, 5.41) is 0. The first kappa shape index (κ1) is 12.7. The maximum Gasteiger partial charge on any atom is 0.417 e. The summed E-state index contributed by atoms with van der Waals surface area (Å²) in [4.78, 5) is 0. The first-order chi connectivity index (χ1) is 7.32. The molecular weight excluding hydrogens is 217 g/mol. The van der Waals surface area contributed by atoms with Gasteiger partial charge >= 0.3 is 6.18 Å². The van der Waals surface area contributed by atoms with E-state index >= 15 is 0 Å². The van der Waals surface area contributed by atoms with E-state index in [1.165, 1.54) is 6.07 Å². The molecule has 5 heteroatoms. The lowest BCUT2D eigenvalue weighted by molar-refractivity contribution is -0.138. The number of hydrogen-bond acceptors (Lipinski definition) is 2. The van der Waals surface area contributed by atoms with Gasteiger partial charge in [-0.15, -0.1) is 0 Å². The van der Waals surface area contributed by atoms with Crippen LogP contribution in [0, 0.1) is 0 Å². The lowest BCUT2D eigenvalue weighted by atomic mass is 9.94. The van der Waals surface area contributed by atoms with Crippen molar-refractivity contribution in [3.05, 3.63) is 22.8 Å². The zero-order chi connectivity index (χ0) is 12.5. The molecule has 0 amide bonds. The molecule has 0 aliphatic rings. The van der Waals surface area contributed by atoms with E-state index in [1.54, 1.807) is 13.8 Å². The van der Waals surface area contributed by atoms with Crippen molar-refractivity contribution in [1.82, 2.24) is 0 Å². The minimum atomic E-state index is -4.40. The van der Waals surface area contributed by atoms with Gasteiger partial charge in [-0.05, 0) is 30.0 Å². The standard InChI is InChI=1S/C11H15F3N2/c1-3-6-8(15)5-9(16)7(4-2)10(6)11(12,13)14/h5H,3-4,15-16H2,1-2H3. The summed E-state index contributed by atoms with van der Waals surface area (Å²) in [6.45, 7) is 3.30. The average molecular weight is 232 g/mol. The molecule has 0 atom stereocenters. The summed E-state index contributed by atoms with van der Waals surface area (Å²) >= 11 is 0. The van der Waals surface area contributed by atoms with E-state index in [0.29, 0.717) is 0 Å². The summed E-state index contributed by atoms with van der Waals surface area (Å²) < 4.78 is 38.8. The monoisotopic (exact) mass is 232 g/mol. The SMILES string of the molecule is CCc1c(N)cc(N)c(CC)c1C(F)(F)F. The number of halogens is 3. The van der Waals surface area contributed by atoms with Gasteiger partial charge in [0.25, 0.3) is 0 Å². The Bertz CT molecular complexity index is 369. The quantitative estimate of drug-likeness (QED) is 0.770. The van der Waals surface area contributed by atoms with Gasteiger partial charge in [-0.25, -0.2) is 0 Å². The summed E-state index contributed by atoms with van der Waals surface area (Å²) in [7, 11) is 0. The molecule has 0 unspecified atom stereocenters. The van der Waals surface area contributed by atoms with Crippen LogP contribution >= 0.6 is 0 Å². The van der Waals surface area contributed by atoms with E-state index in [2.05, 4.69) is 0 Å². The Hall–Kier alpha value is -1.39. The Morgan fingerprint density at radius 1 is 1.00 bits per heavy atom. The number of benzene rings is 1. The largest absolute Gasteiger partial charge is 0.417 e. The predicted molar refractivity (Wildman–Crippen MR) is 59.0 cm³/mol. The molecule has 0 saturated carbocycles. The maximum absolute atomic E-state index is 12.9. The maximum atomic E-state index is 12.9. The number of nitrogen functional groups attached to an aromatic ring is 2. The van der Waals surface area contributed by atoms with Crippen LogP contribution in [0.2, 0.25) is 0 Å². The lowest BCUT2D eigenvalue weighted by Gasteiger charge is -2.19. The fourth-order valence-electron chi connectivity index (χ4n) is 1.92. The van der Waals surface area contributed by atoms with Crippen molar-refractivity contribution < 1.29 is 13.2 Å². The first-order valence-electron chi connectivity index (χ1n) is 5.09. The second-order valence-electron chi connectivity index (χ2n) is 3.59. The van der Waals surface area contributed by atoms with Gasteiger partial charge in [-0.3, -0.25) is 0 Å². The normalized spacial score (nSPS) is 11.8. The molecule has 0 aliphatic heterocycles. The molecule has 16 heavy (non-hydrogen) atoms. The highest BCUT2D eigenvalue weighted by atomic mass is 19.4. The minimum absolute atomic E-state index is 0.115. The molecule has 1 aromatic rings. The van der Waals surface area contributed by atoms with Crippen LogP contribution in [-0.4, -0.2) is 0 Å². The fraction of sp³-hybridized carbons (Fsp3) is 0.455. The van der Waals surface area contributed by atoms with E-state index in [4.69, 9.17) is 11.5 Å². The molecule has 2 nitrogen and oxygen atoms in total. The Labute approximate surface area is 92.4 Å². The zero-order valence-corrected chi connectivity index (χ0v) is 9.28. The average Bonchev–Trinajstić information content (AvgIpc) is 2.15. The van der Waals surface area contributed by atoms with E-state index in [1.807, 2.05) is 0 Å². The molecule has 0 heterocycles. The van der Waals surface area contributed by atoms with Gasteiger partial charge in [-0.2, -0.15) is 13.2 Å². The number of alkyl halides is 3. The van der Waals surface area contributed by atoms with E-state index < -0.39 is 11.7 Å². The van der Waals surface area contributed by atoms with E-state index in [0.717, 1.165) is 0 Å². The molecule has 0 radical (unpaired) electrons. The van der Waals surface area contributed by atoms with Crippen molar-refractivity contribution in [3.8, 4) is 0 Å². The highest BCUT2D eigenvalue weighted by molar-refractivity contribution is 5.66. The highest BCUT2D eigenvalue weighted by Gasteiger charge is 2.36. The topological polar surface area (TPSA) is 52.0 Å². The molecule has 0 aromatic heterocycles. The van der Waals surface area contributed by atoms with E-state index in [9.17, 15) is 13.2 Å². The van der Waals surface area contributed by atoms with Crippen molar-refractivity contribution in [2.45, 2.75) is 32.9 Å². The number of anilines is 2. The lowest BCUT2D eigenvalue weighted by Crippen LogP contribution is -2.16. The number of rotatable bonds is 2. The van der Waals surface area contributed by atoms with Crippen molar-refractivity contribution in [1.29, 1.82) is 0 Å². The van der Waals surface area contributed by atoms with Crippen LogP contribution in [0.5, 0.6) is 0 Å². The Morgan fingerprint density at radius 2 is 1.38 bits per heavy atom.